The van der Waals surface area contributed by atoms with Crippen molar-refractivity contribution >= 4 is 17.4 Å². The third-order valence-electron chi connectivity index (χ3n) is 2.53. The average Bonchev–Trinajstić information content (AvgIpc) is 2.27. The van der Waals surface area contributed by atoms with Gasteiger partial charge in [0.2, 0.25) is 0 Å². The minimum atomic E-state index is -1.15. The van der Waals surface area contributed by atoms with Crippen LogP contribution in [0, 0.1) is 17.5 Å². The summed E-state index contributed by atoms with van der Waals surface area (Å²) in [5.74, 6) is -0.931. The van der Waals surface area contributed by atoms with Crippen molar-refractivity contribution in [1.29, 1.82) is 0 Å². The number of nitrogens with one attached hydrogen (secondary N) is 1. The molecule has 0 saturated carbocycles. The van der Waals surface area contributed by atoms with Gasteiger partial charge in [-0.2, -0.15) is 11.8 Å². The van der Waals surface area contributed by atoms with Crippen LogP contribution in [0.1, 0.15) is 12.8 Å². The first-order chi connectivity index (χ1) is 7.66. The first-order valence-corrected chi connectivity index (χ1v) is 6.31. The normalized spacial score (nSPS) is 20.8. The smallest absolute Gasteiger partial charge is 0.161 e. The van der Waals surface area contributed by atoms with Crippen molar-refractivity contribution in [3.8, 4) is 0 Å². The van der Waals surface area contributed by atoms with Crippen LogP contribution >= 0.6 is 11.8 Å². The Hall–Kier alpha value is -0.840. The molecule has 1 aromatic rings. The predicted octanol–water partition coefficient (Wildman–Crippen LogP) is 3.41. The van der Waals surface area contributed by atoms with E-state index in [-0.39, 0.29) is 11.7 Å². The molecule has 1 saturated heterocycles. The molecule has 1 heterocycles. The summed E-state index contributed by atoms with van der Waals surface area (Å²) in [5.41, 5.74) is 0.0476. The second-order valence-corrected chi connectivity index (χ2v) is 4.95. The number of anilines is 1. The van der Waals surface area contributed by atoms with E-state index in [1.807, 2.05) is 0 Å². The molecule has 0 radical (unpaired) electrons. The van der Waals surface area contributed by atoms with Gasteiger partial charge in [-0.3, -0.25) is 0 Å². The molecule has 5 heteroatoms. The van der Waals surface area contributed by atoms with Crippen molar-refractivity contribution in [1.82, 2.24) is 0 Å². The maximum atomic E-state index is 13.3. The summed E-state index contributed by atoms with van der Waals surface area (Å²) in [5, 5.41) is 2.91. The Morgan fingerprint density at radius 3 is 2.56 bits per heavy atom. The Labute approximate surface area is 96.4 Å². The fourth-order valence-electron chi connectivity index (χ4n) is 1.71. The van der Waals surface area contributed by atoms with E-state index >= 15 is 0 Å². The lowest BCUT2D eigenvalue weighted by Crippen LogP contribution is -2.26. The van der Waals surface area contributed by atoms with Crippen LogP contribution in [0.3, 0.4) is 0 Å². The van der Waals surface area contributed by atoms with Gasteiger partial charge in [0.05, 0.1) is 5.69 Å². The van der Waals surface area contributed by atoms with Crippen molar-refractivity contribution in [2.45, 2.75) is 18.9 Å². The highest BCUT2D eigenvalue weighted by atomic mass is 32.2. The van der Waals surface area contributed by atoms with Crippen LogP contribution in [0.5, 0.6) is 0 Å². The van der Waals surface area contributed by atoms with Gasteiger partial charge >= 0.3 is 0 Å². The first kappa shape index (κ1) is 11.6. The molecular weight excluding hydrogens is 235 g/mol. The fraction of sp³-hybridized carbons (Fsp3) is 0.455. The topological polar surface area (TPSA) is 12.0 Å². The van der Waals surface area contributed by atoms with E-state index in [4.69, 9.17) is 0 Å². The fourth-order valence-corrected chi connectivity index (χ4v) is 2.78. The van der Waals surface area contributed by atoms with Gasteiger partial charge in [-0.05, 0) is 18.6 Å². The van der Waals surface area contributed by atoms with Gasteiger partial charge < -0.3 is 5.32 Å². The second-order valence-electron chi connectivity index (χ2n) is 3.80. The number of hydrogen-bond acceptors (Lipinski definition) is 2. The molecule has 1 aromatic carbocycles. The highest BCUT2D eigenvalue weighted by Crippen LogP contribution is 2.24. The molecule has 1 aliphatic heterocycles. The number of rotatable bonds is 2. The highest BCUT2D eigenvalue weighted by Gasteiger charge is 2.16. The molecule has 0 spiro atoms. The van der Waals surface area contributed by atoms with Crippen LogP contribution in [-0.2, 0) is 0 Å². The summed E-state index contributed by atoms with van der Waals surface area (Å²) in [6, 6.07) is 1.59. The Morgan fingerprint density at radius 2 is 1.88 bits per heavy atom. The SMILES string of the molecule is Fc1cc(F)c(NC2CCCSC2)cc1F. The summed E-state index contributed by atoms with van der Waals surface area (Å²) in [4.78, 5) is 0. The molecule has 0 bridgehead atoms. The third-order valence-corrected chi connectivity index (χ3v) is 3.75. The second kappa shape index (κ2) is 4.99. The van der Waals surface area contributed by atoms with E-state index < -0.39 is 17.5 Å². The lowest BCUT2D eigenvalue weighted by Gasteiger charge is -2.23. The van der Waals surface area contributed by atoms with E-state index in [1.54, 1.807) is 11.8 Å². The minimum Gasteiger partial charge on any atom is -0.379 e. The van der Waals surface area contributed by atoms with Gasteiger partial charge in [-0.25, -0.2) is 13.2 Å². The maximum Gasteiger partial charge on any atom is 0.161 e. The van der Waals surface area contributed by atoms with Crippen LogP contribution in [0.25, 0.3) is 0 Å². The van der Waals surface area contributed by atoms with Gasteiger partial charge in [-0.15, -0.1) is 0 Å². The summed E-state index contributed by atoms with van der Waals surface area (Å²) in [7, 11) is 0. The highest BCUT2D eigenvalue weighted by molar-refractivity contribution is 7.99. The van der Waals surface area contributed by atoms with Crippen molar-refractivity contribution in [3.05, 3.63) is 29.6 Å². The average molecular weight is 247 g/mol. The van der Waals surface area contributed by atoms with Crippen molar-refractivity contribution < 1.29 is 13.2 Å². The van der Waals surface area contributed by atoms with Crippen LogP contribution in [0.2, 0.25) is 0 Å². The largest absolute Gasteiger partial charge is 0.379 e. The quantitative estimate of drug-likeness (QED) is 0.804. The van der Waals surface area contributed by atoms with E-state index in [1.165, 1.54) is 0 Å². The van der Waals surface area contributed by atoms with Gasteiger partial charge in [-0.1, -0.05) is 0 Å². The predicted molar refractivity (Wildman–Crippen MR) is 60.3 cm³/mol. The molecule has 16 heavy (non-hydrogen) atoms. The summed E-state index contributed by atoms with van der Waals surface area (Å²) in [6.45, 7) is 0. The lowest BCUT2D eigenvalue weighted by atomic mass is 10.1. The molecule has 0 aliphatic carbocycles. The van der Waals surface area contributed by atoms with Gasteiger partial charge in [0.1, 0.15) is 5.82 Å². The zero-order valence-electron chi connectivity index (χ0n) is 8.60. The van der Waals surface area contributed by atoms with E-state index in [0.29, 0.717) is 6.07 Å². The Bertz CT molecular complexity index is 378. The minimum absolute atomic E-state index is 0.0476. The Kier molecular flexibility index (Phi) is 3.63. The number of hydrogen-bond donors (Lipinski definition) is 1. The van der Waals surface area contributed by atoms with E-state index in [0.717, 1.165) is 30.4 Å². The van der Waals surface area contributed by atoms with Crippen LogP contribution in [-0.4, -0.2) is 17.5 Å². The summed E-state index contributed by atoms with van der Waals surface area (Å²) < 4.78 is 38.9. The first-order valence-electron chi connectivity index (χ1n) is 5.15. The standard InChI is InChI=1S/C11H12F3NS/c12-8-4-10(14)11(5-9(8)13)15-7-2-1-3-16-6-7/h4-5,7,15H,1-3,6H2. The molecule has 0 amide bonds. The number of thioether (sulfide) groups is 1. The van der Waals surface area contributed by atoms with Crippen molar-refractivity contribution in [2.75, 3.05) is 16.8 Å². The van der Waals surface area contributed by atoms with E-state index in [2.05, 4.69) is 5.32 Å². The van der Waals surface area contributed by atoms with Gasteiger partial charge in [0.25, 0.3) is 0 Å². The lowest BCUT2D eigenvalue weighted by molar-refractivity contribution is 0.495. The molecule has 1 nitrogen and oxygen atoms in total. The summed E-state index contributed by atoms with van der Waals surface area (Å²) >= 11 is 1.78. The van der Waals surface area contributed by atoms with Crippen LogP contribution in [0.15, 0.2) is 12.1 Å². The van der Waals surface area contributed by atoms with E-state index in [9.17, 15) is 13.2 Å². The van der Waals surface area contributed by atoms with Crippen molar-refractivity contribution in [3.63, 3.8) is 0 Å². The maximum absolute atomic E-state index is 13.3. The van der Waals surface area contributed by atoms with Crippen LogP contribution < -0.4 is 5.32 Å². The Balaban J connectivity index is 2.11. The molecular formula is C11H12F3NS. The number of benzene rings is 1. The van der Waals surface area contributed by atoms with Gasteiger partial charge in [0.15, 0.2) is 11.6 Å². The monoisotopic (exact) mass is 247 g/mol. The molecule has 1 fully saturated rings. The molecule has 1 atom stereocenters. The molecule has 1 N–H and O–H groups in total. The van der Waals surface area contributed by atoms with Crippen molar-refractivity contribution in [2.24, 2.45) is 0 Å². The molecule has 1 unspecified atom stereocenters. The third kappa shape index (κ3) is 2.64. The Morgan fingerprint density at radius 1 is 1.12 bits per heavy atom. The number of halogens is 3. The molecule has 1 aliphatic rings. The molecule has 88 valence electrons. The molecule has 0 aromatic heterocycles. The van der Waals surface area contributed by atoms with Crippen LogP contribution in [0.4, 0.5) is 18.9 Å². The van der Waals surface area contributed by atoms with Gasteiger partial charge in [0, 0.05) is 23.9 Å². The summed E-state index contributed by atoms with van der Waals surface area (Å²) in [6.07, 6.45) is 2.00. The molecule has 2 rings (SSSR count). The zero-order chi connectivity index (χ0) is 11.5. The zero-order valence-corrected chi connectivity index (χ0v) is 9.42.